The third-order valence-electron chi connectivity index (χ3n) is 5.29. The highest BCUT2D eigenvalue weighted by molar-refractivity contribution is 5.57. The molecule has 1 heterocycles. The molecule has 0 saturated heterocycles. The van der Waals surface area contributed by atoms with Gasteiger partial charge in [-0.15, -0.1) is 0 Å². The van der Waals surface area contributed by atoms with Gasteiger partial charge in [-0.25, -0.2) is 0 Å². The molecular weight excluding hydrogens is 358 g/mol. The Morgan fingerprint density at radius 2 is 1.29 bits per heavy atom. The maximum absolute atomic E-state index is 5.57. The minimum Gasteiger partial charge on any atom is -0.493 e. The number of quaternary nitrogens is 1. The van der Waals surface area contributed by atoms with E-state index < -0.39 is 0 Å². The molecule has 1 aliphatic rings. The first-order valence-electron chi connectivity index (χ1n) is 9.28. The number of hydrogen-bond acceptors (Lipinski definition) is 5. The molecule has 0 unspecified atom stereocenters. The van der Waals surface area contributed by atoms with Gasteiger partial charge >= 0.3 is 0 Å². The van der Waals surface area contributed by atoms with Crippen LogP contribution >= 0.6 is 0 Å². The molecule has 2 N–H and O–H groups in total. The van der Waals surface area contributed by atoms with Gasteiger partial charge in [-0.05, 0) is 43.7 Å². The molecule has 1 aliphatic heterocycles. The van der Waals surface area contributed by atoms with E-state index >= 15 is 0 Å². The normalized spacial score (nSPS) is 17.5. The van der Waals surface area contributed by atoms with Crippen LogP contribution in [0.3, 0.4) is 0 Å². The summed E-state index contributed by atoms with van der Waals surface area (Å²) in [5.41, 5.74) is 3.56. The van der Waals surface area contributed by atoms with Crippen LogP contribution in [-0.4, -0.2) is 41.1 Å². The van der Waals surface area contributed by atoms with Crippen molar-refractivity contribution >= 4 is 0 Å². The van der Waals surface area contributed by atoms with Crippen molar-refractivity contribution in [1.82, 2.24) is 0 Å². The van der Waals surface area contributed by atoms with Crippen LogP contribution in [0.25, 0.3) is 0 Å². The second kappa shape index (κ2) is 7.80. The van der Waals surface area contributed by atoms with Crippen LogP contribution in [0.2, 0.25) is 0 Å². The molecule has 28 heavy (non-hydrogen) atoms. The van der Waals surface area contributed by atoms with E-state index in [1.807, 2.05) is 12.1 Å². The summed E-state index contributed by atoms with van der Waals surface area (Å²) in [6, 6.07) is 8.27. The van der Waals surface area contributed by atoms with E-state index in [0.717, 1.165) is 23.5 Å². The zero-order valence-corrected chi connectivity index (χ0v) is 17.7. The summed E-state index contributed by atoms with van der Waals surface area (Å²) in [6.07, 6.45) is 0.934. The maximum atomic E-state index is 5.57. The van der Waals surface area contributed by atoms with Crippen molar-refractivity contribution < 1.29 is 29.0 Å². The lowest BCUT2D eigenvalue weighted by molar-refractivity contribution is -0.752. The minimum absolute atomic E-state index is 0.0255. The summed E-state index contributed by atoms with van der Waals surface area (Å²) >= 11 is 0. The molecule has 0 aliphatic carbocycles. The predicted octanol–water partition coefficient (Wildman–Crippen LogP) is 2.72. The van der Waals surface area contributed by atoms with Crippen LogP contribution < -0.4 is 29.0 Å². The SMILES string of the molecule is COc1cc2c(cc1OC)[C@@H](c1cc(OC)c(OC)c(OC)c1)[NH2+]C(C)(C)C2. The number of nitrogens with two attached hydrogens (primary N) is 1. The highest BCUT2D eigenvalue weighted by Crippen LogP contribution is 2.43. The highest BCUT2D eigenvalue weighted by Gasteiger charge is 2.38. The summed E-state index contributed by atoms with van der Waals surface area (Å²) in [6.45, 7) is 4.50. The Morgan fingerprint density at radius 3 is 1.79 bits per heavy atom. The van der Waals surface area contributed by atoms with Gasteiger partial charge < -0.3 is 29.0 Å². The first-order valence-corrected chi connectivity index (χ1v) is 9.28. The van der Waals surface area contributed by atoms with Gasteiger partial charge in [0.25, 0.3) is 0 Å². The highest BCUT2D eigenvalue weighted by atomic mass is 16.5. The molecule has 0 bridgehead atoms. The molecule has 6 nitrogen and oxygen atoms in total. The standard InChI is InChI=1S/C22H29NO5/c1-22(2)12-14-10-16(24-3)17(25-4)11-15(14)20(23-22)13-8-18(26-5)21(28-7)19(9-13)27-6/h8-11,20,23H,12H2,1-7H3/p+1/t20-/m1/s1. The van der Waals surface area contributed by atoms with Crippen LogP contribution in [0.5, 0.6) is 28.7 Å². The molecule has 152 valence electrons. The molecule has 6 heteroatoms. The van der Waals surface area contributed by atoms with E-state index in [4.69, 9.17) is 23.7 Å². The summed E-state index contributed by atoms with van der Waals surface area (Å²) in [4.78, 5) is 0. The third-order valence-corrected chi connectivity index (χ3v) is 5.29. The minimum atomic E-state index is 0.0255. The van der Waals surface area contributed by atoms with Crippen LogP contribution in [0, 0.1) is 0 Å². The lowest BCUT2D eigenvalue weighted by Gasteiger charge is -2.36. The number of ether oxygens (including phenoxy) is 5. The fourth-order valence-electron chi connectivity index (χ4n) is 4.03. The second-order valence-corrected chi connectivity index (χ2v) is 7.67. The predicted molar refractivity (Wildman–Crippen MR) is 107 cm³/mol. The molecule has 1 atom stereocenters. The van der Waals surface area contributed by atoms with Crippen molar-refractivity contribution in [2.45, 2.75) is 31.8 Å². The number of benzene rings is 2. The Morgan fingerprint density at radius 1 is 0.750 bits per heavy atom. The molecule has 0 fully saturated rings. The zero-order chi connectivity index (χ0) is 20.5. The van der Waals surface area contributed by atoms with Gasteiger partial charge in [-0.1, -0.05) is 0 Å². The van der Waals surface area contributed by atoms with Gasteiger partial charge in [0.1, 0.15) is 6.04 Å². The number of fused-ring (bicyclic) bond motifs is 1. The van der Waals surface area contributed by atoms with Crippen molar-refractivity contribution in [2.24, 2.45) is 0 Å². The molecule has 0 spiro atoms. The quantitative estimate of drug-likeness (QED) is 0.824. The van der Waals surface area contributed by atoms with E-state index in [-0.39, 0.29) is 11.6 Å². The van der Waals surface area contributed by atoms with Gasteiger partial charge in [-0.2, -0.15) is 0 Å². The smallest absolute Gasteiger partial charge is 0.203 e. The van der Waals surface area contributed by atoms with Crippen molar-refractivity contribution in [3.05, 3.63) is 41.0 Å². The molecule has 0 aromatic heterocycles. The summed E-state index contributed by atoms with van der Waals surface area (Å²) < 4.78 is 27.7. The average molecular weight is 388 g/mol. The monoisotopic (exact) mass is 388 g/mol. The van der Waals surface area contributed by atoms with E-state index in [2.05, 4.69) is 31.3 Å². The van der Waals surface area contributed by atoms with Gasteiger partial charge in [-0.3, -0.25) is 0 Å². The zero-order valence-electron chi connectivity index (χ0n) is 17.7. The number of hydrogen-bond donors (Lipinski definition) is 1. The Balaban J connectivity index is 2.20. The Kier molecular flexibility index (Phi) is 5.61. The van der Waals surface area contributed by atoms with Crippen molar-refractivity contribution in [2.75, 3.05) is 35.5 Å². The van der Waals surface area contributed by atoms with Crippen LogP contribution in [-0.2, 0) is 6.42 Å². The Hall–Kier alpha value is -2.60. The Bertz CT molecular complexity index is 837. The van der Waals surface area contributed by atoms with Crippen LogP contribution in [0.1, 0.15) is 36.6 Å². The van der Waals surface area contributed by atoms with E-state index in [1.54, 1.807) is 35.5 Å². The van der Waals surface area contributed by atoms with Gasteiger partial charge in [0.2, 0.25) is 5.75 Å². The lowest BCUT2D eigenvalue weighted by atomic mass is 9.81. The molecule has 0 saturated carbocycles. The fraction of sp³-hybridized carbons (Fsp3) is 0.455. The molecular formula is C22H30NO5+. The first kappa shape index (κ1) is 20.1. The molecule has 0 amide bonds. The van der Waals surface area contributed by atoms with Crippen LogP contribution in [0.4, 0.5) is 0 Å². The van der Waals surface area contributed by atoms with Gasteiger partial charge in [0, 0.05) is 17.5 Å². The second-order valence-electron chi connectivity index (χ2n) is 7.67. The van der Waals surface area contributed by atoms with Crippen molar-refractivity contribution in [3.63, 3.8) is 0 Å². The average Bonchev–Trinajstić information content (AvgIpc) is 2.70. The lowest BCUT2D eigenvalue weighted by Crippen LogP contribution is -2.97. The third kappa shape index (κ3) is 3.56. The topological polar surface area (TPSA) is 62.8 Å². The fourth-order valence-corrected chi connectivity index (χ4v) is 4.03. The maximum Gasteiger partial charge on any atom is 0.203 e. The molecule has 3 rings (SSSR count). The molecule has 2 aromatic carbocycles. The largest absolute Gasteiger partial charge is 0.493 e. The van der Waals surface area contributed by atoms with Crippen LogP contribution in [0.15, 0.2) is 24.3 Å². The number of rotatable bonds is 6. The van der Waals surface area contributed by atoms with Crippen molar-refractivity contribution in [1.29, 1.82) is 0 Å². The molecule has 2 aromatic rings. The van der Waals surface area contributed by atoms with Crippen molar-refractivity contribution in [3.8, 4) is 28.7 Å². The first-order chi connectivity index (χ1) is 13.4. The number of methoxy groups -OCH3 is 5. The van der Waals surface area contributed by atoms with E-state index in [0.29, 0.717) is 17.2 Å². The summed E-state index contributed by atoms with van der Waals surface area (Å²) in [7, 11) is 8.22. The van der Waals surface area contributed by atoms with Gasteiger partial charge in [0.05, 0.1) is 41.1 Å². The van der Waals surface area contributed by atoms with Gasteiger partial charge in [0.15, 0.2) is 23.0 Å². The van der Waals surface area contributed by atoms with E-state index in [9.17, 15) is 0 Å². The summed E-state index contributed by atoms with van der Waals surface area (Å²) in [5.74, 6) is 3.37. The Labute approximate surface area is 166 Å². The summed E-state index contributed by atoms with van der Waals surface area (Å²) in [5, 5.41) is 2.38. The van der Waals surface area contributed by atoms with E-state index in [1.165, 1.54) is 11.1 Å². The molecule has 0 radical (unpaired) electrons.